The number of esters is 1. The Bertz CT molecular complexity index is 1240. The molecule has 9 nitrogen and oxygen atoms in total. The van der Waals surface area contributed by atoms with Crippen LogP contribution in [0, 0.1) is 0 Å². The molecule has 1 aliphatic heterocycles. The van der Waals surface area contributed by atoms with E-state index >= 15 is 0 Å². The molecule has 2 aromatic rings. The molecule has 1 atom stereocenters. The number of amides is 2. The molecule has 1 heterocycles. The van der Waals surface area contributed by atoms with E-state index in [2.05, 4.69) is 10.6 Å². The number of methoxy groups -OCH3 is 2. The topological polar surface area (TPSA) is 131 Å². The molecule has 0 fully saturated rings. The Hall–Kier alpha value is -3.53. The zero-order valence-corrected chi connectivity index (χ0v) is 20.4. The maximum atomic E-state index is 13.2. The lowest BCUT2D eigenvalue weighted by molar-refractivity contribution is -0.136. The van der Waals surface area contributed by atoms with Gasteiger partial charge in [0.05, 0.1) is 36.5 Å². The number of urea groups is 1. The van der Waals surface area contributed by atoms with Crippen LogP contribution in [0.2, 0.25) is 0 Å². The van der Waals surface area contributed by atoms with Crippen molar-refractivity contribution in [3.8, 4) is 11.5 Å². The molecule has 2 amide bonds. The van der Waals surface area contributed by atoms with Crippen molar-refractivity contribution in [3.63, 3.8) is 0 Å². The lowest BCUT2D eigenvalue weighted by Gasteiger charge is -2.29. The third kappa shape index (κ3) is 5.17. The van der Waals surface area contributed by atoms with Gasteiger partial charge in [-0.2, -0.15) is 0 Å². The summed E-state index contributed by atoms with van der Waals surface area (Å²) in [7, 11) is -1.39. The molecule has 182 valence electrons. The molecule has 0 saturated carbocycles. The zero-order valence-electron chi connectivity index (χ0n) is 19.6. The number of rotatable bonds is 6. The number of nitrogens with one attached hydrogen (secondary N) is 2. The van der Waals surface area contributed by atoms with Gasteiger partial charge in [-0.3, -0.25) is 0 Å². The van der Waals surface area contributed by atoms with Gasteiger partial charge in [-0.15, -0.1) is 0 Å². The first-order chi connectivity index (χ1) is 15.9. The van der Waals surface area contributed by atoms with Crippen molar-refractivity contribution in [2.45, 2.75) is 37.1 Å². The van der Waals surface area contributed by atoms with Gasteiger partial charge < -0.3 is 25.2 Å². The van der Waals surface area contributed by atoms with Crippen LogP contribution < -0.4 is 15.4 Å². The van der Waals surface area contributed by atoms with Crippen molar-refractivity contribution in [2.24, 2.45) is 0 Å². The summed E-state index contributed by atoms with van der Waals surface area (Å²) in [6.45, 7) is 6.06. The average Bonchev–Trinajstić information content (AvgIpc) is 2.77. The number of carbonyl (C=O) groups is 2. The smallest absolute Gasteiger partial charge is 0.338 e. The van der Waals surface area contributed by atoms with Crippen LogP contribution in [-0.4, -0.2) is 45.5 Å². The fourth-order valence-corrected chi connectivity index (χ4v) is 4.97. The van der Waals surface area contributed by atoms with E-state index in [0.29, 0.717) is 5.56 Å². The highest BCUT2D eigenvalue weighted by Gasteiger charge is 2.36. The maximum Gasteiger partial charge on any atom is 0.338 e. The Morgan fingerprint density at radius 3 is 2.29 bits per heavy atom. The van der Waals surface area contributed by atoms with Gasteiger partial charge in [-0.25, -0.2) is 18.0 Å². The Kier molecular flexibility index (Phi) is 6.92. The first-order valence-corrected chi connectivity index (χ1v) is 12.1. The highest BCUT2D eigenvalue weighted by atomic mass is 32.2. The van der Waals surface area contributed by atoms with Crippen LogP contribution in [0.3, 0.4) is 0 Å². The second kappa shape index (κ2) is 9.38. The van der Waals surface area contributed by atoms with E-state index in [1.54, 1.807) is 12.1 Å². The molecule has 0 aromatic heterocycles. The molecule has 0 saturated heterocycles. The van der Waals surface area contributed by atoms with Crippen LogP contribution in [0.15, 0.2) is 58.6 Å². The molecule has 0 radical (unpaired) electrons. The third-order valence-electron chi connectivity index (χ3n) is 5.51. The van der Waals surface area contributed by atoms with E-state index in [-0.39, 0.29) is 33.1 Å². The highest BCUT2D eigenvalue weighted by Crippen LogP contribution is 2.34. The molecule has 1 aliphatic rings. The molecule has 3 rings (SSSR count). The van der Waals surface area contributed by atoms with Crippen LogP contribution in [0.1, 0.15) is 37.9 Å². The van der Waals surface area contributed by atoms with Gasteiger partial charge in [0.25, 0.3) is 0 Å². The number of ether oxygens (including phenoxy) is 2. The van der Waals surface area contributed by atoms with Crippen molar-refractivity contribution >= 4 is 21.8 Å². The Morgan fingerprint density at radius 2 is 1.74 bits per heavy atom. The molecular weight excluding hydrogens is 460 g/mol. The lowest BCUT2D eigenvalue weighted by Crippen LogP contribution is -2.47. The molecule has 0 spiro atoms. The average molecular weight is 489 g/mol. The normalized spacial score (nSPS) is 16.5. The van der Waals surface area contributed by atoms with Crippen LogP contribution in [0.25, 0.3) is 0 Å². The standard InChI is InChI=1S/C24H28N2O7S/c1-24(2,3)15-7-9-16(10-8-15)34(30,31)13-17-20(22(28)33-5)21(26-23(29)25-17)14-6-11-18(27)19(12-14)32-4/h6-12,21,27H,13H2,1-5H3,(H2,25,26,29)/t21-/m0/s1. The largest absolute Gasteiger partial charge is 0.504 e. The molecule has 34 heavy (non-hydrogen) atoms. The second-order valence-electron chi connectivity index (χ2n) is 8.88. The zero-order chi connectivity index (χ0) is 25.3. The number of phenols is 1. The van der Waals surface area contributed by atoms with E-state index in [1.165, 1.54) is 37.4 Å². The monoisotopic (exact) mass is 488 g/mol. The van der Waals surface area contributed by atoms with Gasteiger partial charge in [0.15, 0.2) is 21.3 Å². The van der Waals surface area contributed by atoms with Gasteiger partial charge in [-0.05, 0) is 40.8 Å². The fourth-order valence-electron chi connectivity index (χ4n) is 3.64. The van der Waals surface area contributed by atoms with Crippen LogP contribution >= 0.6 is 0 Å². The summed E-state index contributed by atoms with van der Waals surface area (Å²) in [5, 5.41) is 15.0. The maximum absolute atomic E-state index is 13.2. The quantitative estimate of drug-likeness (QED) is 0.533. The Labute approximate surface area is 198 Å². The molecule has 10 heteroatoms. The van der Waals surface area contributed by atoms with E-state index in [1.807, 2.05) is 20.8 Å². The molecule has 2 aromatic carbocycles. The third-order valence-corrected chi connectivity index (χ3v) is 7.17. The first kappa shape index (κ1) is 25.1. The first-order valence-electron chi connectivity index (χ1n) is 10.5. The molecular formula is C24H28N2O7S. The predicted octanol–water partition coefficient (Wildman–Crippen LogP) is 2.95. The summed E-state index contributed by atoms with van der Waals surface area (Å²) in [6, 6.07) is 9.11. The Morgan fingerprint density at radius 1 is 1.09 bits per heavy atom. The van der Waals surface area contributed by atoms with Gasteiger partial charge in [0, 0.05) is 5.70 Å². The van der Waals surface area contributed by atoms with E-state index in [4.69, 9.17) is 9.47 Å². The van der Waals surface area contributed by atoms with Crippen molar-refractivity contribution in [3.05, 3.63) is 64.9 Å². The number of carbonyl (C=O) groups excluding carboxylic acids is 2. The summed E-state index contributed by atoms with van der Waals surface area (Å²) in [6.07, 6.45) is 0. The number of hydrogen-bond acceptors (Lipinski definition) is 7. The summed E-state index contributed by atoms with van der Waals surface area (Å²) in [4.78, 5) is 25.2. The lowest BCUT2D eigenvalue weighted by atomic mass is 9.87. The number of aromatic hydroxyl groups is 1. The number of sulfone groups is 1. The van der Waals surface area contributed by atoms with Gasteiger partial charge >= 0.3 is 12.0 Å². The van der Waals surface area contributed by atoms with E-state index in [0.717, 1.165) is 12.7 Å². The molecule has 0 unspecified atom stereocenters. The second-order valence-corrected chi connectivity index (χ2v) is 10.9. The van der Waals surface area contributed by atoms with E-state index < -0.39 is 33.6 Å². The number of benzene rings is 2. The summed E-state index contributed by atoms with van der Waals surface area (Å²) in [5.74, 6) is -1.43. The minimum atomic E-state index is -3.92. The van der Waals surface area contributed by atoms with Crippen LogP contribution in [-0.2, 0) is 24.8 Å². The van der Waals surface area contributed by atoms with Gasteiger partial charge in [-0.1, -0.05) is 39.0 Å². The molecule has 0 aliphatic carbocycles. The fraction of sp³-hybridized carbons (Fsp3) is 0.333. The SMILES string of the molecule is COC(=O)C1=C(CS(=O)(=O)c2ccc(C(C)(C)C)cc2)NC(=O)N[C@H]1c1ccc(O)c(OC)c1. The number of phenolic OH excluding ortho intramolecular Hbond substituents is 1. The highest BCUT2D eigenvalue weighted by molar-refractivity contribution is 7.91. The van der Waals surface area contributed by atoms with Crippen molar-refractivity contribution in [1.82, 2.24) is 10.6 Å². The summed E-state index contributed by atoms with van der Waals surface area (Å²) >= 11 is 0. The summed E-state index contributed by atoms with van der Waals surface area (Å²) in [5.41, 5.74) is 1.06. The van der Waals surface area contributed by atoms with Crippen LogP contribution in [0.5, 0.6) is 11.5 Å². The van der Waals surface area contributed by atoms with Crippen molar-refractivity contribution in [2.75, 3.05) is 20.0 Å². The van der Waals surface area contributed by atoms with Crippen LogP contribution in [0.4, 0.5) is 4.79 Å². The Balaban J connectivity index is 2.07. The minimum Gasteiger partial charge on any atom is -0.504 e. The minimum absolute atomic E-state index is 0.0628. The van der Waals surface area contributed by atoms with Crippen molar-refractivity contribution in [1.29, 1.82) is 0 Å². The predicted molar refractivity (Wildman–Crippen MR) is 125 cm³/mol. The summed E-state index contributed by atoms with van der Waals surface area (Å²) < 4.78 is 36.4. The van der Waals surface area contributed by atoms with Gasteiger partial charge in [0.1, 0.15) is 0 Å². The van der Waals surface area contributed by atoms with Gasteiger partial charge in [0.2, 0.25) is 0 Å². The molecule has 3 N–H and O–H groups in total. The van der Waals surface area contributed by atoms with Crippen molar-refractivity contribution < 1.29 is 32.6 Å². The molecule has 0 bridgehead atoms. The number of hydrogen-bond donors (Lipinski definition) is 3. The van der Waals surface area contributed by atoms with E-state index in [9.17, 15) is 23.1 Å².